The number of aryl methyl sites for hydroxylation is 1. The van der Waals surface area contributed by atoms with E-state index in [1.165, 1.54) is 34.3 Å². The van der Waals surface area contributed by atoms with Crippen LogP contribution in [-0.2, 0) is 22.4 Å². The topological polar surface area (TPSA) is 81.2 Å². The fourth-order valence-electron chi connectivity index (χ4n) is 4.17. The Morgan fingerprint density at radius 2 is 1.97 bits per heavy atom. The molecule has 0 unspecified atom stereocenters. The molecule has 0 saturated carbocycles. The van der Waals surface area contributed by atoms with Crippen LogP contribution in [-0.4, -0.2) is 34.2 Å². The third-order valence-corrected chi connectivity index (χ3v) is 9.35. The molecule has 3 heterocycles. The number of thiophene rings is 2. The monoisotopic (exact) mass is 587 g/mol. The van der Waals surface area contributed by atoms with Crippen molar-refractivity contribution in [3.05, 3.63) is 56.4 Å². The predicted octanol–water partition coefficient (Wildman–Crippen LogP) is 6.97. The van der Waals surface area contributed by atoms with Crippen LogP contribution >= 0.6 is 50.4 Å². The van der Waals surface area contributed by atoms with Gasteiger partial charge < -0.3 is 10.1 Å². The minimum atomic E-state index is -0.357. The van der Waals surface area contributed by atoms with Gasteiger partial charge in [0.15, 0.2) is 0 Å². The molecule has 1 N–H and O–H groups in total. The number of halogens is 1. The molecule has 10 heteroatoms. The highest BCUT2D eigenvalue weighted by Crippen LogP contribution is 2.40. The van der Waals surface area contributed by atoms with Crippen LogP contribution in [0.4, 0.5) is 5.00 Å². The summed E-state index contributed by atoms with van der Waals surface area (Å²) in [7, 11) is 0. The fourth-order valence-corrected chi connectivity index (χ4v) is 7.52. The highest BCUT2D eigenvalue weighted by molar-refractivity contribution is 9.10. The summed E-state index contributed by atoms with van der Waals surface area (Å²) in [5, 5.41) is 7.38. The lowest BCUT2D eigenvalue weighted by Gasteiger charge is -2.12. The lowest BCUT2D eigenvalue weighted by Crippen LogP contribution is -2.17. The smallest absolute Gasteiger partial charge is 0.341 e. The first kappa shape index (κ1) is 24.4. The Hall–Kier alpha value is -2.27. The Bertz CT molecular complexity index is 1400. The van der Waals surface area contributed by atoms with Crippen molar-refractivity contribution < 1.29 is 14.3 Å². The van der Waals surface area contributed by atoms with Gasteiger partial charge in [0.05, 0.1) is 23.3 Å². The summed E-state index contributed by atoms with van der Waals surface area (Å²) in [5.41, 5.74) is 3.70. The maximum Gasteiger partial charge on any atom is 0.341 e. The number of thioether (sulfide) groups is 1. The Labute approximate surface area is 223 Å². The number of hydrogen-bond donors (Lipinski definition) is 1. The van der Waals surface area contributed by atoms with Gasteiger partial charge in [0.1, 0.15) is 21.2 Å². The first-order valence-corrected chi connectivity index (χ1v) is 14.7. The molecule has 35 heavy (non-hydrogen) atoms. The maximum atomic E-state index is 13.0. The van der Waals surface area contributed by atoms with Gasteiger partial charge in [-0.3, -0.25) is 4.79 Å². The van der Waals surface area contributed by atoms with Crippen LogP contribution in [0.5, 0.6) is 0 Å². The molecular weight excluding hydrogens is 566 g/mol. The molecule has 180 valence electrons. The van der Waals surface area contributed by atoms with Crippen molar-refractivity contribution in [1.29, 1.82) is 0 Å². The van der Waals surface area contributed by atoms with Gasteiger partial charge in [0.25, 0.3) is 0 Å². The van der Waals surface area contributed by atoms with E-state index >= 15 is 0 Å². The molecule has 0 bridgehead atoms. The summed E-state index contributed by atoms with van der Waals surface area (Å²) in [6.07, 6.45) is 5.47. The zero-order chi connectivity index (χ0) is 24.4. The zero-order valence-corrected chi connectivity index (χ0v) is 23.0. The van der Waals surface area contributed by atoms with Gasteiger partial charge in [-0.15, -0.1) is 22.7 Å². The first-order chi connectivity index (χ1) is 17.0. The van der Waals surface area contributed by atoms with Crippen molar-refractivity contribution in [1.82, 2.24) is 9.97 Å². The van der Waals surface area contributed by atoms with E-state index < -0.39 is 0 Å². The largest absolute Gasteiger partial charge is 0.462 e. The standard InChI is InChI=1S/C25H22BrN3O3S3/c1-2-32-25(31)21-16-5-3-4-6-18(16)35-24(21)29-19(30)12-34-23-20-17(11-33-22(20)27-13-28-23)14-7-9-15(26)10-8-14/h7-11,13H,2-6,12H2,1H3,(H,29,30). The summed E-state index contributed by atoms with van der Waals surface area (Å²) < 4.78 is 6.31. The van der Waals surface area contributed by atoms with Crippen molar-refractivity contribution >= 4 is 77.5 Å². The number of nitrogens with zero attached hydrogens (tertiary/aromatic N) is 2. The Morgan fingerprint density at radius 3 is 2.77 bits per heavy atom. The van der Waals surface area contributed by atoms with E-state index in [0.29, 0.717) is 17.2 Å². The third kappa shape index (κ3) is 5.16. The van der Waals surface area contributed by atoms with Crippen LogP contribution in [0, 0.1) is 0 Å². The average molecular weight is 589 g/mol. The van der Waals surface area contributed by atoms with Crippen LogP contribution < -0.4 is 5.32 Å². The molecule has 0 fully saturated rings. The summed E-state index contributed by atoms with van der Waals surface area (Å²) in [6.45, 7) is 2.10. The van der Waals surface area contributed by atoms with Crippen LogP contribution in [0.3, 0.4) is 0 Å². The molecule has 5 rings (SSSR count). The predicted molar refractivity (Wildman–Crippen MR) is 147 cm³/mol. The molecule has 4 aromatic rings. The molecular formula is C25H22BrN3O3S3. The number of esters is 1. The van der Waals surface area contributed by atoms with Crippen LogP contribution in [0.1, 0.15) is 40.6 Å². The van der Waals surface area contributed by atoms with Gasteiger partial charge in [0, 0.05) is 20.3 Å². The molecule has 1 amide bonds. The number of benzene rings is 1. The van der Waals surface area contributed by atoms with E-state index in [9.17, 15) is 9.59 Å². The second-order valence-corrected chi connectivity index (χ2v) is 11.8. The van der Waals surface area contributed by atoms with E-state index in [0.717, 1.165) is 62.1 Å². The normalized spacial score (nSPS) is 13.0. The molecule has 0 saturated heterocycles. The Balaban J connectivity index is 1.37. The number of rotatable bonds is 7. The van der Waals surface area contributed by atoms with Crippen LogP contribution in [0.25, 0.3) is 21.3 Å². The van der Waals surface area contributed by atoms with Gasteiger partial charge in [-0.25, -0.2) is 14.8 Å². The van der Waals surface area contributed by atoms with E-state index in [4.69, 9.17) is 4.74 Å². The minimum absolute atomic E-state index is 0.173. The SMILES string of the molecule is CCOC(=O)c1c(NC(=O)CSc2ncnc3scc(-c4ccc(Br)cc4)c23)sc2c1CCCC2. The lowest BCUT2D eigenvalue weighted by atomic mass is 9.95. The van der Waals surface area contributed by atoms with Crippen molar-refractivity contribution in [3.8, 4) is 11.1 Å². The van der Waals surface area contributed by atoms with Crippen molar-refractivity contribution in [2.45, 2.75) is 37.6 Å². The van der Waals surface area contributed by atoms with Gasteiger partial charge in [-0.05, 0) is 55.9 Å². The number of nitrogens with one attached hydrogen (secondary N) is 1. The molecule has 0 radical (unpaired) electrons. The summed E-state index contributed by atoms with van der Waals surface area (Å²) in [4.78, 5) is 36.6. The van der Waals surface area contributed by atoms with Gasteiger partial charge in [-0.2, -0.15) is 0 Å². The highest BCUT2D eigenvalue weighted by atomic mass is 79.9. The number of ether oxygens (including phenoxy) is 1. The number of amides is 1. The molecule has 6 nitrogen and oxygen atoms in total. The van der Waals surface area contributed by atoms with Crippen LogP contribution in [0.2, 0.25) is 0 Å². The number of aromatic nitrogens is 2. The summed E-state index contributed by atoms with van der Waals surface area (Å²) in [6, 6.07) is 8.11. The molecule has 1 aliphatic rings. The third-order valence-electron chi connectivity index (χ3n) is 5.73. The van der Waals surface area contributed by atoms with E-state index in [2.05, 4.69) is 48.7 Å². The molecule has 3 aromatic heterocycles. The first-order valence-electron chi connectivity index (χ1n) is 11.3. The second kappa shape index (κ2) is 10.8. The molecule has 0 aliphatic heterocycles. The fraction of sp³-hybridized carbons (Fsp3) is 0.280. The Kier molecular flexibility index (Phi) is 7.52. The van der Waals surface area contributed by atoms with Crippen LogP contribution in [0.15, 0.2) is 45.5 Å². The van der Waals surface area contributed by atoms with Crippen molar-refractivity contribution in [2.24, 2.45) is 0 Å². The summed E-state index contributed by atoms with van der Waals surface area (Å²) >= 11 is 7.92. The highest BCUT2D eigenvalue weighted by Gasteiger charge is 2.27. The van der Waals surface area contributed by atoms with Gasteiger partial charge in [0.2, 0.25) is 5.91 Å². The number of fused-ring (bicyclic) bond motifs is 2. The van der Waals surface area contributed by atoms with Crippen molar-refractivity contribution in [2.75, 3.05) is 17.7 Å². The van der Waals surface area contributed by atoms with Gasteiger partial charge >= 0.3 is 5.97 Å². The maximum absolute atomic E-state index is 13.0. The molecule has 0 atom stereocenters. The average Bonchev–Trinajstić information content (AvgIpc) is 3.45. The second-order valence-electron chi connectivity index (χ2n) is 7.99. The Morgan fingerprint density at radius 1 is 1.17 bits per heavy atom. The van der Waals surface area contributed by atoms with E-state index in [1.54, 1.807) is 18.3 Å². The van der Waals surface area contributed by atoms with Crippen molar-refractivity contribution in [3.63, 3.8) is 0 Å². The number of hydrogen-bond acceptors (Lipinski definition) is 8. The van der Waals surface area contributed by atoms with E-state index in [-0.39, 0.29) is 17.6 Å². The van der Waals surface area contributed by atoms with E-state index in [1.807, 2.05) is 12.1 Å². The molecule has 1 aliphatic carbocycles. The quantitative estimate of drug-likeness (QED) is 0.143. The molecule has 1 aromatic carbocycles. The number of anilines is 1. The minimum Gasteiger partial charge on any atom is -0.462 e. The summed E-state index contributed by atoms with van der Waals surface area (Å²) in [5.74, 6) is -0.358. The number of carbonyl (C=O) groups is 2. The number of carbonyl (C=O) groups excluding carboxylic acids is 2. The van der Waals surface area contributed by atoms with Gasteiger partial charge in [-0.1, -0.05) is 39.8 Å². The molecule has 0 spiro atoms. The zero-order valence-electron chi connectivity index (χ0n) is 18.9. The lowest BCUT2D eigenvalue weighted by molar-refractivity contribution is -0.113.